The molecular formula is C20H15FN4O. The molecule has 0 spiro atoms. The Morgan fingerprint density at radius 2 is 2.04 bits per heavy atom. The number of carbonyl (C=O) groups is 1. The maximum absolute atomic E-state index is 14.4. The molecule has 3 aromatic heterocycles. The second-order valence-electron chi connectivity index (χ2n) is 5.77. The highest BCUT2D eigenvalue weighted by Crippen LogP contribution is 2.22. The zero-order valence-electron chi connectivity index (χ0n) is 17.7. The summed E-state index contributed by atoms with van der Waals surface area (Å²) >= 11 is 0. The van der Waals surface area contributed by atoms with Gasteiger partial charge in [0.15, 0.2) is 5.78 Å². The lowest BCUT2D eigenvalue weighted by Crippen LogP contribution is -2.07. The number of imidazole rings is 1. The Hall–Kier alpha value is -3.41. The molecule has 0 aliphatic rings. The fourth-order valence-corrected chi connectivity index (χ4v) is 2.69. The maximum Gasteiger partial charge on any atom is 0.171 e. The standard InChI is InChI=1S/C20H15FN4O/c1-25-12-22-11-19(25)14-6-13-7-15(23-10-18(13)24-9-14)8-20(26)16-4-2-3-5-17(16)21/h2-7,9-12H,8H2,1H3/i2D,3D,4D,5D. The van der Waals surface area contributed by atoms with Gasteiger partial charge in [-0.15, -0.1) is 0 Å². The Balaban J connectivity index is 1.71. The van der Waals surface area contributed by atoms with E-state index in [2.05, 4.69) is 15.0 Å². The topological polar surface area (TPSA) is 60.7 Å². The van der Waals surface area contributed by atoms with E-state index >= 15 is 0 Å². The molecule has 0 aliphatic carbocycles. The van der Waals surface area contributed by atoms with Crippen molar-refractivity contribution in [3.8, 4) is 11.3 Å². The highest BCUT2D eigenvalue weighted by atomic mass is 19.1. The molecule has 0 fully saturated rings. The number of aromatic nitrogens is 4. The van der Waals surface area contributed by atoms with Gasteiger partial charge in [0.2, 0.25) is 0 Å². The van der Waals surface area contributed by atoms with E-state index in [1.807, 2.05) is 17.7 Å². The van der Waals surface area contributed by atoms with E-state index in [-0.39, 0.29) is 6.42 Å². The van der Waals surface area contributed by atoms with Crippen molar-refractivity contribution >= 4 is 16.7 Å². The van der Waals surface area contributed by atoms with E-state index in [1.54, 1.807) is 24.8 Å². The second-order valence-corrected chi connectivity index (χ2v) is 5.77. The molecule has 0 unspecified atom stereocenters. The highest BCUT2D eigenvalue weighted by molar-refractivity contribution is 5.98. The largest absolute Gasteiger partial charge is 0.334 e. The van der Waals surface area contributed by atoms with Gasteiger partial charge < -0.3 is 4.57 Å². The predicted molar refractivity (Wildman–Crippen MR) is 96.2 cm³/mol. The van der Waals surface area contributed by atoms with Crippen LogP contribution in [0.25, 0.3) is 22.2 Å². The molecule has 5 nitrogen and oxygen atoms in total. The van der Waals surface area contributed by atoms with E-state index in [4.69, 9.17) is 5.48 Å². The summed E-state index contributed by atoms with van der Waals surface area (Å²) in [7, 11) is 1.86. The van der Waals surface area contributed by atoms with Crippen LogP contribution in [0.1, 0.15) is 21.5 Å². The molecule has 1 aromatic carbocycles. The van der Waals surface area contributed by atoms with Gasteiger partial charge in [-0.25, -0.2) is 9.37 Å². The predicted octanol–water partition coefficient (Wildman–Crippen LogP) is 3.59. The van der Waals surface area contributed by atoms with Gasteiger partial charge in [0.25, 0.3) is 0 Å². The molecule has 0 amide bonds. The summed E-state index contributed by atoms with van der Waals surface area (Å²) in [5.41, 5.74) is 1.98. The van der Waals surface area contributed by atoms with Crippen LogP contribution in [0.2, 0.25) is 0 Å². The minimum absolute atomic E-state index is 0.315. The van der Waals surface area contributed by atoms with E-state index in [1.165, 1.54) is 6.20 Å². The van der Waals surface area contributed by atoms with Crippen LogP contribution in [0, 0.1) is 5.82 Å². The van der Waals surface area contributed by atoms with Crippen LogP contribution in [0.15, 0.2) is 61.2 Å². The zero-order chi connectivity index (χ0) is 21.6. The highest BCUT2D eigenvalue weighted by Gasteiger charge is 2.13. The van der Waals surface area contributed by atoms with Gasteiger partial charge in [0.1, 0.15) is 5.82 Å². The Morgan fingerprint density at radius 3 is 2.85 bits per heavy atom. The fourth-order valence-electron chi connectivity index (χ4n) is 2.69. The third-order valence-corrected chi connectivity index (χ3v) is 4.00. The van der Waals surface area contributed by atoms with Crippen LogP contribution in [0.3, 0.4) is 0 Å². The fraction of sp³-hybridized carbons (Fsp3) is 0.100. The SMILES string of the molecule is [2H]c1c([2H])c([2H])c(C(=O)Cc2cc3cc(-c4cncn4C)cnc3cn2)c(F)c1[2H]. The number of benzene rings is 1. The van der Waals surface area contributed by atoms with Gasteiger partial charge in [-0.05, 0) is 24.2 Å². The van der Waals surface area contributed by atoms with Crippen LogP contribution in [-0.4, -0.2) is 25.3 Å². The maximum atomic E-state index is 14.4. The lowest BCUT2D eigenvalue weighted by atomic mass is 10.0. The summed E-state index contributed by atoms with van der Waals surface area (Å²) in [5, 5.41) is 0.724. The van der Waals surface area contributed by atoms with Crippen molar-refractivity contribution in [2.75, 3.05) is 0 Å². The molecule has 0 N–H and O–H groups in total. The van der Waals surface area contributed by atoms with E-state index in [9.17, 15) is 9.18 Å². The molecule has 0 aliphatic heterocycles. The van der Waals surface area contributed by atoms with Gasteiger partial charge in [0.05, 0.1) is 47.4 Å². The number of pyridine rings is 2. The first-order valence-corrected chi connectivity index (χ1v) is 7.78. The van der Waals surface area contributed by atoms with Gasteiger partial charge >= 0.3 is 0 Å². The lowest BCUT2D eigenvalue weighted by molar-refractivity contribution is 0.0988. The van der Waals surface area contributed by atoms with Crippen molar-refractivity contribution in [2.24, 2.45) is 7.05 Å². The summed E-state index contributed by atoms with van der Waals surface area (Å²) in [6, 6.07) is 0.608. The van der Waals surface area contributed by atoms with Crippen molar-refractivity contribution < 1.29 is 14.7 Å². The third kappa shape index (κ3) is 2.97. The summed E-state index contributed by atoms with van der Waals surface area (Å²) in [6.45, 7) is 0. The molecule has 6 heteroatoms. The number of halogens is 1. The molecular weight excluding hydrogens is 331 g/mol. The minimum Gasteiger partial charge on any atom is -0.334 e. The second kappa shape index (κ2) is 6.48. The van der Waals surface area contributed by atoms with Crippen LogP contribution in [0.5, 0.6) is 0 Å². The molecule has 0 radical (unpaired) electrons. The number of ketones is 1. The number of hydrogen-bond donors (Lipinski definition) is 0. The van der Waals surface area contributed by atoms with Gasteiger partial charge in [0, 0.05) is 29.9 Å². The summed E-state index contributed by atoms with van der Waals surface area (Å²) < 4.78 is 46.8. The molecule has 0 saturated carbocycles. The Morgan fingerprint density at radius 1 is 1.19 bits per heavy atom. The van der Waals surface area contributed by atoms with Gasteiger partial charge in [-0.3, -0.25) is 14.8 Å². The van der Waals surface area contributed by atoms with E-state index in [0.29, 0.717) is 11.2 Å². The summed E-state index contributed by atoms with van der Waals surface area (Å²) in [6.07, 6.45) is 6.26. The van der Waals surface area contributed by atoms with Crippen LogP contribution >= 0.6 is 0 Å². The van der Waals surface area contributed by atoms with Gasteiger partial charge in [-0.1, -0.05) is 12.1 Å². The summed E-state index contributed by atoms with van der Waals surface area (Å²) in [4.78, 5) is 25.3. The molecule has 0 atom stereocenters. The lowest BCUT2D eigenvalue weighted by Gasteiger charge is -2.06. The van der Waals surface area contributed by atoms with Crippen LogP contribution in [0.4, 0.5) is 4.39 Å². The van der Waals surface area contributed by atoms with Crippen molar-refractivity contribution in [1.29, 1.82) is 0 Å². The number of rotatable bonds is 4. The number of fused-ring (bicyclic) bond motifs is 1. The summed E-state index contributed by atoms with van der Waals surface area (Å²) in [5.74, 6) is -2.03. The van der Waals surface area contributed by atoms with Crippen molar-refractivity contribution in [3.63, 3.8) is 0 Å². The van der Waals surface area contributed by atoms with Crippen molar-refractivity contribution in [1.82, 2.24) is 19.5 Å². The molecule has 128 valence electrons. The molecule has 4 rings (SSSR count). The average molecular weight is 350 g/mol. The molecule has 3 heterocycles. The first-order valence-electron chi connectivity index (χ1n) is 9.78. The molecule has 4 aromatic rings. The Kier molecular flexibility index (Phi) is 3.00. The number of Topliss-reactive ketones (excluding diaryl/α,β-unsaturated/α-hetero) is 1. The zero-order valence-corrected chi connectivity index (χ0v) is 13.7. The van der Waals surface area contributed by atoms with Crippen LogP contribution in [-0.2, 0) is 13.5 Å². The Bertz CT molecular complexity index is 1290. The number of nitrogens with zero attached hydrogens (tertiary/aromatic N) is 4. The quantitative estimate of drug-likeness (QED) is 0.528. The van der Waals surface area contributed by atoms with Crippen molar-refractivity contribution in [3.05, 3.63) is 78.3 Å². The molecule has 0 bridgehead atoms. The monoisotopic (exact) mass is 350 g/mol. The smallest absolute Gasteiger partial charge is 0.171 e. The normalized spacial score (nSPS) is 13.2. The van der Waals surface area contributed by atoms with E-state index < -0.39 is 41.3 Å². The number of carbonyl (C=O) groups excluding carboxylic acids is 1. The average Bonchev–Trinajstić information content (AvgIpc) is 3.16. The first kappa shape index (κ1) is 12.0. The third-order valence-electron chi connectivity index (χ3n) is 4.00. The molecule has 0 saturated heterocycles. The number of hydrogen-bond acceptors (Lipinski definition) is 4. The number of aryl methyl sites for hydroxylation is 1. The Labute approximate surface area is 154 Å². The first-order chi connectivity index (χ1) is 14.3. The van der Waals surface area contributed by atoms with Crippen LogP contribution < -0.4 is 0 Å². The minimum atomic E-state index is -1.26. The molecule has 26 heavy (non-hydrogen) atoms. The van der Waals surface area contributed by atoms with Gasteiger partial charge in [-0.2, -0.15) is 0 Å². The van der Waals surface area contributed by atoms with Crippen molar-refractivity contribution in [2.45, 2.75) is 6.42 Å². The van der Waals surface area contributed by atoms with E-state index in [0.717, 1.165) is 16.6 Å².